The normalized spacial score (nSPS) is 11.3. The highest BCUT2D eigenvalue weighted by Gasteiger charge is 2.06. The van der Waals surface area contributed by atoms with Crippen LogP contribution in [0.15, 0.2) is 88.4 Å². The zero-order valence-corrected chi connectivity index (χ0v) is 15.4. The molecule has 0 spiro atoms. The standard InChI is InChI=1S/C22H16ClNOS/c23-19-13-12-17(11-10-16-6-2-1-3-7-16)20(15-19)24-26-22-14-18-8-4-5-9-21(18)25-22/h1-15,24H/b11-10-. The predicted molar refractivity (Wildman–Crippen MR) is 113 cm³/mol. The lowest BCUT2D eigenvalue weighted by atomic mass is 10.1. The Morgan fingerprint density at radius 3 is 2.50 bits per heavy atom. The van der Waals surface area contributed by atoms with Crippen molar-refractivity contribution in [2.45, 2.75) is 5.09 Å². The molecule has 0 saturated carbocycles. The van der Waals surface area contributed by atoms with Gasteiger partial charge in [-0.2, -0.15) is 0 Å². The number of para-hydroxylation sites is 1. The van der Waals surface area contributed by atoms with Crippen molar-refractivity contribution < 1.29 is 4.42 Å². The molecular weight excluding hydrogens is 362 g/mol. The second-order valence-electron chi connectivity index (χ2n) is 5.78. The molecule has 0 amide bonds. The van der Waals surface area contributed by atoms with E-state index in [1.54, 1.807) is 0 Å². The second-order valence-corrected chi connectivity index (χ2v) is 7.03. The average Bonchev–Trinajstić information content (AvgIpc) is 3.09. The van der Waals surface area contributed by atoms with Gasteiger partial charge in [-0.3, -0.25) is 0 Å². The van der Waals surface area contributed by atoms with Gasteiger partial charge in [0.2, 0.25) is 0 Å². The zero-order valence-electron chi connectivity index (χ0n) is 13.9. The molecule has 0 aliphatic carbocycles. The molecule has 0 aliphatic heterocycles. The molecule has 1 aromatic heterocycles. The number of rotatable bonds is 5. The van der Waals surface area contributed by atoms with Crippen molar-refractivity contribution in [2.24, 2.45) is 0 Å². The highest BCUT2D eigenvalue weighted by molar-refractivity contribution is 8.00. The Hall–Kier alpha value is -2.62. The molecule has 128 valence electrons. The maximum Gasteiger partial charge on any atom is 0.181 e. The highest BCUT2D eigenvalue weighted by Crippen LogP contribution is 2.31. The number of hydrogen-bond acceptors (Lipinski definition) is 3. The lowest BCUT2D eigenvalue weighted by Gasteiger charge is -2.08. The van der Waals surface area contributed by atoms with Crippen LogP contribution < -0.4 is 4.72 Å². The number of furan rings is 1. The first-order valence-corrected chi connectivity index (χ1v) is 9.41. The monoisotopic (exact) mass is 377 g/mol. The summed E-state index contributed by atoms with van der Waals surface area (Å²) in [4.78, 5) is 0. The number of anilines is 1. The maximum atomic E-state index is 6.18. The Bertz CT molecular complexity index is 1020. The highest BCUT2D eigenvalue weighted by atomic mass is 35.5. The molecule has 0 bridgehead atoms. The van der Waals surface area contributed by atoms with Crippen LogP contribution in [0, 0.1) is 0 Å². The number of hydrogen-bond donors (Lipinski definition) is 1. The van der Waals surface area contributed by atoms with Gasteiger partial charge >= 0.3 is 0 Å². The van der Waals surface area contributed by atoms with Gasteiger partial charge in [-0.15, -0.1) is 0 Å². The van der Waals surface area contributed by atoms with Gasteiger partial charge in [0.1, 0.15) is 5.58 Å². The van der Waals surface area contributed by atoms with Crippen LogP contribution in [-0.4, -0.2) is 0 Å². The number of fused-ring (bicyclic) bond motifs is 1. The van der Waals surface area contributed by atoms with Crippen molar-refractivity contribution in [3.8, 4) is 0 Å². The van der Waals surface area contributed by atoms with Gasteiger partial charge in [0.05, 0.1) is 5.69 Å². The average molecular weight is 378 g/mol. The van der Waals surface area contributed by atoms with Crippen LogP contribution in [0.5, 0.6) is 0 Å². The quantitative estimate of drug-likeness (QED) is 0.290. The summed E-state index contributed by atoms with van der Waals surface area (Å²) in [5.41, 5.74) is 4.03. The van der Waals surface area contributed by atoms with Crippen LogP contribution in [-0.2, 0) is 0 Å². The van der Waals surface area contributed by atoms with Crippen molar-refractivity contribution in [3.63, 3.8) is 0 Å². The zero-order chi connectivity index (χ0) is 17.8. The lowest BCUT2D eigenvalue weighted by Crippen LogP contribution is -1.89. The van der Waals surface area contributed by atoms with Gasteiger partial charge in [-0.1, -0.05) is 78.4 Å². The third kappa shape index (κ3) is 3.96. The fourth-order valence-electron chi connectivity index (χ4n) is 2.63. The predicted octanol–water partition coefficient (Wildman–Crippen LogP) is 7.38. The molecule has 4 heteroatoms. The van der Waals surface area contributed by atoms with E-state index in [1.165, 1.54) is 11.9 Å². The van der Waals surface area contributed by atoms with E-state index in [4.69, 9.17) is 16.0 Å². The Balaban J connectivity index is 1.55. The first-order valence-electron chi connectivity index (χ1n) is 8.22. The van der Waals surface area contributed by atoms with Gasteiger partial charge in [-0.05, 0) is 29.3 Å². The smallest absolute Gasteiger partial charge is 0.181 e. The van der Waals surface area contributed by atoms with E-state index in [1.807, 2.05) is 66.7 Å². The van der Waals surface area contributed by atoms with Gasteiger partial charge in [-0.25, -0.2) is 0 Å². The van der Waals surface area contributed by atoms with Crippen LogP contribution in [0.4, 0.5) is 5.69 Å². The van der Waals surface area contributed by atoms with Crippen LogP contribution in [0.25, 0.3) is 23.1 Å². The number of benzene rings is 3. The van der Waals surface area contributed by atoms with Gasteiger partial charge in [0, 0.05) is 28.4 Å². The molecule has 2 nitrogen and oxygen atoms in total. The third-order valence-electron chi connectivity index (χ3n) is 3.93. The summed E-state index contributed by atoms with van der Waals surface area (Å²) in [5, 5.41) is 2.59. The molecule has 0 aliphatic rings. The van der Waals surface area contributed by atoms with Crippen LogP contribution in [0.3, 0.4) is 0 Å². The van der Waals surface area contributed by atoms with Crippen LogP contribution >= 0.6 is 23.5 Å². The fourth-order valence-corrected chi connectivity index (χ4v) is 3.50. The summed E-state index contributed by atoms with van der Waals surface area (Å²) in [5.74, 6) is 0. The first-order chi connectivity index (χ1) is 12.8. The fraction of sp³-hybridized carbons (Fsp3) is 0. The molecule has 3 aromatic carbocycles. The molecule has 0 fully saturated rings. The number of halogens is 1. The molecular formula is C22H16ClNOS. The van der Waals surface area contributed by atoms with Gasteiger partial charge in [0.15, 0.2) is 5.09 Å². The minimum atomic E-state index is 0.689. The van der Waals surface area contributed by atoms with Crippen LogP contribution in [0.1, 0.15) is 11.1 Å². The minimum Gasteiger partial charge on any atom is -0.448 e. The van der Waals surface area contributed by atoms with E-state index in [0.29, 0.717) is 5.02 Å². The van der Waals surface area contributed by atoms with Crippen molar-refractivity contribution in [1.29, 1.82) is 0 Å². The van der Waals surface area contributed by atoms with Gasteiger partial charge in [0.25, 0.3) is 0 Å². The molecule has 0 unspecified atom stereocenters. The molecule has 0 atom stereocenters. The molecule has 0 saturated heterocycles. The van der Waals surface area contributed by atoms with Crippen LogP contribution in [0.2, 0.25) is 5.02 Å². The largest absolute Gasteiger partial charge is 0.448 e. The van der Waals surface area contributed by atoms with Crippen molar-refractivity contribution in [2.75, 3.05) is 4.72 Å². The summed E-state index contributed by atoms with van der Waals surface area (Å²) in [6.45, 7) is 0. The van der Waals surface area contributed by atoms with E-state index in [9.17, 15) is 0 Å². The first kappa shape index (κ1) is 16.8. The van der Waals surface area contributed by atoms with E-state index in [2.05, 4.69) is 29.0 Å². The Morgan fingerprint density at radius 2 is 1.65 bits per heavy atom. The third-order valence-corrected chi connectivity index (χ3v) is 4.89. The Morgan fingerprint density at radius 1 is 0.846 bits per heavy atom. The van der Waals surface area contributed by atoms with E-state index in [0.717, 1.165) is 32.9 Å². The topological polar surface area (TPSA) is 25.2 Å². The Labute approximate surface area is 161 Å². The van der Waals surface area contributed by atoms with Crippen molar-refractivity contribution >= 4 is 52.4 Å². The molecule has 1 N–H and O–H groups in total. The minimum absolute atomic E-state index is 0.689. The van der Waals surface area contributed by atoms with E-state index < -0.39 is 0 Å². The number of nitrogens with one attached hydrogen (secondary N) is 1. The maximum absolute atomic E-state index is 6.18. The van der Waals surface area contributed by atoms with E-state index >= 15 is 0 Å². The van der Waals surface area contributed by atoms with E-state index in [-0.39, 0.29) is 0 Å². The summed E-state index contributed by atoms with van der Waals surface area (Å²) < 4.78 is 9.19. The summed E-state index contributed by atoms with van der Waals surface area (Å²) in [6, 6.07) is 26.0. The molecule has 4 rings (SSSR count). The summed E-state index contributed by atoms with van der Waals surface area (Å²) >= 11 is 7.62. The molecule has 1 heterocycles. The lowest BCUT2D eigenvalue weighted by molar-refractivity contribution is 0.515. The van der Waals surface area contributed by atoms with Gasteiger partial charge < -0.3 is 9.14 Å². The van der Waals surface area contributed by atoms with Crippen molar-refractivity contribution in [1.82, 2.24) is 0 Å². The summed E-state index contributed by atoms with van der Waals surface area (Å²) in [6.07, 6.45) is 4.16. The van der Waals surface area contributed by atoms with Crippen molar-refractivity contribution in [3.05, 3.63) is 95.0 Å². The Kier molecular flexibility index (Phi) is 5.00. The molecule has 0 radical (unpaired) electrons. The SMILES string of the molecule is Clc1ccc(/C=C\c2ccccc2)c(NSc2cc3ccccc3o2)c1. The second kappa shape index (κ2) is 7.73. The molecule has 4 aromatic rings. The molecule has 26 heavy (non-hydrogen) atoms. The summed E-state index contributed by atoms with van der Waals surface area (Å²) in [7, 11) is 0.